The summed E-state index contributed by atoms with van der Waals surface area (Å²) in [5.41, 5.74) is 9.40. The molecule has 0 aliphatic rings. The van der Waals surface area contributed by atoms with Crippen molar-refractivity contribution >= 4 is 5.69 Å². The van der Waals surface area contributed by atoms with E-state index in [1.54, 1.807) is 0 Å². The lowest BCUT2D eigenvalue weighted by Crippen LogP contribution is -2.37. The van der Waals surface area contributed by atoms with Crippen molar-refractivity contribution in [2.45, 2.75) is 46.2 Å². The SMILES string of the molecule is CCC(CC)N(CCO)c1cc(C)ccc1CN. The normalized spacial score (nSPS) is 11.0. The minimum absolute atomic E-state index is 0.175. The minimum Gasteiger partial charge on any atom is -0.395 e. The highest BCUT2D eigenvalue weighted by Crippen LogP contribution is 2.26. The van der Waals surface area contributed by atoms with Gasteiger partial charge < -0.3 is 15.7 Å². The number of nitrogens with two attached hydrogens (primary N) is 1. The molecule has 0 radical (unpaired) electrons. The van der Waals surface area contributed by atoms with Crippen molar-refractivity contribution in [3.63, 3.8) is 0 Å². The lowest BCUT2D eigenvalue weighted by Gasteiger charge is -2.34. The molecule has 0 aliphatic carbocycles. The Balaban J connectivity index is 3.14. The van der Waals surface area contributed by atoms with E-state index in [9.17, 15) is 5.11 Å². The summed E-state index contributed by atoms with van der Waals surface area (Å²) in [6.45, 7) is 7.86. The van der Waals surface area contributed by atoms with Crippen LogP contribution in [0.1, 0.15) is 37.8 Å². The van der Waals surface area contributed by atoms with Gasteiger partial charge in [0.1, 0.15) is 0 Å². The first-order valence-corrected chi connectivity index (χ1v) is 6.84. The molecule has 1 aromatic carbocycles. The molecule has 0 bridgehead atoms. The number of anilines is 1. The monoisotopic (exact) mass is 250 g/mol. The van der Waals surface area contributed by atoms with Crippen molar-refractivity contribution in [3.8, 4) is 0 Å². The summed E-state index contributed by atoms with van der Waals surface area (Å²) in [4.78, 5) is 2.30. The zero-order valence-electron chi connectivity index (χ0n) is 11.8. The highest BCUT2D eigenvalue weighted by atomic mass is 16.3. The molecule has 1 rings (SSSR count). The Hall–Kier alpha value is -1.06. The van der Waals surface area contributed by atoms with Crippen LogP contribution in [0, 0.1) is 6.92 Å². The molecule has 3 nitrogen and oxygen atoms in total. The van der Waals surface area contributed by atoms with Crippen LogP contribution in [0.2, 0.25) is 0 Å². The van der Waals surface area contributed by atoms with Gasteiger partial charge in [-0.05, 0) is 37.0 Å². The zero-order chi connectivity index (χ0) is 13.5. The Labute approximate surface area is 111 Å². The van der Waals surface area contributed by atoms with Gasteiger partial charge in [0.15, 0.2) is 0 Å². The number of aliphatic hydroxyl groups excluding tert-OH is 1. The van der Waals surface area contributed by atoms with Crippen molar-refractivity contribution < 1.29 is 5.11 Å². The van der Waals surface area contributed by atoms with Crippen molar-refractivity contribution in [2.75, 3.05) is 18.1 Å². The van der Waals surface area contributed by atoms with Gasteiger partial charge in [-0.1, -0.05) is 26.0 Å². The van der Waals surface area contributed by atoms with Crippen LogP contribution in [-0.2, 0) is 6.54 Å². The smallest absolute Gasteiger partial charge is 0.0606 e. The van der Waals surface area contributed by atoms with Gasteiger partial charge in [0.25, 0.3) is 0 Å². The lowest BCUT2D eigenvalue weighted by atomic mass is 10.0. The summed E-state index contributed by atoms with van der Waals surface area (Å²) in [7, 11) is 0. The molecule has 18 heavy (non-hydrogen) atoms. The van der Waals surface area contributed by atoms with Gasteiger partial charge in [0.2, 0.25) is 0 Å². The summed E-state index contributed by atoms with van der Waals surface area (Å²) >= 11 is 0. The van der Waals surface area contributed by atoms with Crippen molar-refractivity contribution in [1.29, 1.82) is 0 Å². The van der Waals surface area contributed by atoms with Gasteiger partial charge >= 0.3 is 0 Å². The van der Waals surface area contributed by atoms with Crippen LogP contribution in [0.4, 0.5) is 5.69 Å². The fourth-order valence-electron chi connectivity index (χ4n) is 2.45. The van der Waals surface area contributed by atoms with E-state index in [0.29, 0.717) is 19.1 Å². The number of nitrogens with zero attached hydrogens (tertiary/aromatic N) is 1. The predicted molar refractivity (Wildman–Crippen MR) is 77.9 cm³/mol. The molecule has 102 valence electrons. The van der Waals surface area contributed by atoms with E-state index in [4.69, 9.17) is 5.73 Å². The van der Waals surface area contributed by atoms with E-state index in [1.165, 1.54) is 11.3 Å². The van der Waals surface area contributed by atoms with Crippen LogP contribution in [0.5, 0.6) is 0 Å². The Morgan fingerprint density at radius 1 is 1.28 bits per heavy atom. The van der Waals surface area contributed by atoms with Crippen LogP contribution >= 0.6 is 0 Å². The van der Waals surface area contributed by atoms with E-state index in [-0.39, 0.29) is 6.61 Å². The third-order valence-electron chi connectivity index (χ3n) is 3.49. The number of hydrogen-bond donors (Lipinski definition) is 2. The van der Waals surface area contributed by atoms with Crippen LogP contribution in [0.3, 0.4) is 0 Å². The van der Waals surface area contributed by atoms with Gasteiger partial charge in [-0.15, -0.1) is 0 Å². The summed E-state index contributed by atoms with van der Waals surface area (Å²) < 4.78 is 0. The fraction of sp³-hybridized carbons (Fsp3) is 0.600. The summed E-state index contributed by atoms with van der Waals surface area (Å²) in [6, 6.07) is 6.83. The molecule has 3 N–H and O–H groups in total. The average molecular weight is 250 g/mol. The maximum Gasteiger partial charge on any atom is 0.0606 e. The minimum atomic E-state index is 0.175. The zero-order valence-corrected chi connectivity index (χ0v) is 11.8. The molecule has 0 unspecified atom stereocenters. The molecule has 0 saturated heterocycles. The standard InChI is InChI=1S/C15H26N2O/c1-4-14(5-2)17(8-9-18)15-10-12(3)6-7-13(15)11-16/h6-7,10,14,18H,4-5,8-9,11,16H2,1-3H3. The van der Waals surface area contributed by atoms with Crippen LogP contribution in [0.15, 0.2) is 18.2 Å². The van der Waals surface area contributed by atoms with Gasteiger partial charge in [-0.25, -0.2) is 0 Å². The van der Waals surface area contributed by atoms with Gasteiger partial charge in [0.05, 0.1) is 6.61 Å². The largest absolute Gasteiger partial charge is 0.395 e. The molecular formula is C15H26N2O. The molecule has 0 saturated carbocycles. The number of benzene rings is 1. The molecule has 0 spiro atoms. The van der Waals surface area contributed by atoms with Crippen LogP contribution < -0.4 is 10.6 Å². The Bertz CT molecular complexity index is 362. The molecule has 1 aromatic rings. The van der Waals surface area contributed by atoms with Crippen LogP contribution in [-0.4, -0.2) is 24.3 Å². The molecule has 0 atom stereocenters. The second kappa shape index (κ2) is 7.39. The molecule has 0 aromatic heterocycles. The third kappa shape index (κ3) is 3.47. The highest BCUT2D eigenvalue weighted by molar-refractivity contribution is 5.56. The first-order chi connectivity index (χ1) is 8.67. The molecule has 3 heteroatoms. The number of aryl methyl sites for hydroxylation is 1. The highest BCUT2D eigenvalue weighted by Gasteiger charge is 2.17. The molecule has 0 amide bonds. The maximum atomic E-state index is 9.30. The quantitative estimate of drug-likeness (QED) is 0.781. The molecule has 0 aliphatic heterocycles. The van der Waals surface area contributed by atoms with Gasteiger partial charge in [0, 0.05) is 24.8 Å². The third-order valence-corrected chi connectivity index (χ3v) is 3.49. The number of rotatable bonds is 7. The first-order valence-electron chi connectivity index (χ1n) is 6.84. The van der Waals surface area contributed by atoms with E-state index >= 15 is 0 Å². The predicted octanol–water partition coefficient (Wildman–Crippen LogP) is 2.44. The van der Waals surface area contributed by atoms with Crippen LogP contribution in [0.25, 0.3) is 0 Å². The Morgan fingerprint density at radius 3 is 2.44 bits per heavy atom. The maximum absolute atomic E-state index is 9.30. The second-order valence-electron chi connectivity index (χ2n) is 4.72. The van der Waals surface area contributed by atoms with E-state index in [0.717, 1.165) is 18.4 Å². The summed E-state index contributed by atoms with van der Waals surface area (Å²) in [6.07, 6.45) is 2.16. The van der Waals surface area contributed by atoms with Crippen molar-refractivity contribution in [1.82, 2.24) is 0 Å². The molecule has 0 heterocycles. The van der Waals surface area contributed by atoms with E-state index in [2.05, 4.69) is 43.9 Å². The van der Waals surface area contributed by atoms with Crippen molar-refractivity contribution in [3.05, 3.63) is 29.3 Å². The van der Waals surface area contributed by atoms with Gasteiger partial charge in [-0.2, -0.15) is 0 Å². The lowest BCUT2D eigenvalue weighted by molar-refractivity contribution is 0.296. The topological polar surface area (TPSA) is 49.5 Å². The Morgan fingerprint density at radius 2 is 1.94 bits per heavy atom. The summed E-state index contributed by atoms with van der Waals surface area (Å²) in [5.74, 6) is 0. The fourth-order valence-corrected chi connectivity index (χ4v) is 2.45. The van der Waals surface area contributed by atoms with E-state index in [1.807, 2.05) is 0 Å². The number of hydrogen-bond acceptors (Lipinski definition) is 3. The molecular weight excluding hydrogens is 224 g/mol. The van der Waals surface area contributed by atoms with E-state index < -0.39 is 0 Å². The summed E-state index contributed by atoms with van der Waals surface area (Å²) in [5, 5.41) is 9.30. The average Bonchev–Trinajstić information content (AvgIpc) is 2.39. The first kappa shape index (κ1) is 15.0. The molecule has 0 fully saturated rings. The second-order valence-corrected chi connectivity index (χ2v) is 4.72. The van der Waals surface area contributed by atoms with Crippen molar-refractivity contribution in [2.24, 2.45) is 5.73 Å². The Kier molecular flexibility index (Phi) is 6.16. The number of aliphatic hydroxyl groups is 1. The van der Waals surface area contributed by atoms with Gasteiger partial charge in [-0.3, -0.25) is 0 Å².